The molecule has 12 aromatic carbocycles. The van der Waals surface area contributed by atoms with Crippen molar-refractivity contribution < 1.29 is 0 Å². The van der Waals surface area contributed by atoms with Gasteiger partial charge in [0, 0.05) is 17.1 Å². The molecule has 0 N–H and O–H groups in total. The van der Waals surface area contributed by atoms with Crippen molar-refractivity contribution in [3.05, 3.63) is 285 Å². The fourth-order valence-corrected chi connectivity index (χ4v) is 10.1. The second kappa shape index (κ2) is 18.3. The number of anilines is 3. The minimum atomic E-state index is 1.08. The molecule has 0 aliphatic rings. The van der Waals surface area contributed by atoms with Gasteiger partial charge < -0.3 is 4.90 Å². The Balaban J connectivity index is 0.957. The summed E-state index contributed by atoms with van der Waals surface area (Å²) in [6, 6.07) is 104. The molecule has 0 heterocycles. The SMILES string of the molecule is c1ccc(-c2cccc(N(c3ccc(-c4ccc5c(-c6ccccc6)c(-c6ccccc6)c6ccccc6c5c4)cc3)c3ccc(-c4ccc(-c5ccccc5)cc4-c4ccccc4)cc3)c2)cc1. The van der Waals surface area contributed by atoms with E-state index < -0.39 is 0 Å². The Hall–Kier alpha value is -9.04. The van der Waals surface area contributed by atoms with Gasteiger partial charge in [0.1, 0.15) is 0 Å². The van der Waals surface area contributed by atoms with E-state index in [2.05, 4.69) is 290 Å². The Morgan fingerprint density at radius 1 is 0.174 bits per heavy atom. The second-order valence-electron chi connectivity index (χ2n) is 17.6. The molecule has 0 atom stereocenters. The third kappa shape index (κ3) is 8.07. The molecule has 69 heavy (non-hydrogen) atoms. The first-order valence-corrected chi connectivity index (χ1v) is 23.7. The molecule has 0 spiro atoms. The molecule has 0 aromatic heterocycles. The number of benzene rings is 12. The molecule has 0 amide bonds. The molecule has 0 radical (unpaired) electrons. The van der Waals surface area contributed by atoms with E-state index in [1.807, 2.05) is 0 Å². The van der Waals surface area contributed by atoms with Gasteiger partial charge in [0.15, 0.2) is 0 Å². The van der Waals surface area contributed by atoms with E-state index in [4.69, 9.17) is 0 Å². The number of fused-ring (bicyclic) bond motifs is 3. The van der Waals surface area contributed by atoms with Crippen LogP contribution in [0.4, 0.5) is 17.1 Å². The van der Waals surface area contributed by atoms with Crippen molar-refractivity contribution in [2.75, 3.05) is 4.90 Å². The van der Waals surface area contributed by atoms with Crippen LogP contribution < -0.4 is 4.90 Å². The summed E-state index contributed by atoms with van der Waals surface area (Å²) in [5, 5.41) is 4.99. The predicted octanol–water partition coefficient (Wildman–Crippen LogP) is 19.1. The van der Waals surface area contributed by atoms with Gasteiger partial charge in [0.2, 0.25) is 0 Å². The highest BCUT2D eigenvalue weighted by molar-refractivity contribution is 6.22. The van der Waals surface area contributed by atoms with Crippen LogP contribution in [0, 0.1) is 0 Å². The minimum absolute atomic E-state index is 1.08. The first kappa shape index (κ1) is 41.4. The van der Waals surface area contributed by atoms with Gasteiger partial charge in [-0.05, 0) is 148 Å². The lowest BCUT2D eigenvalue weighted by molar-refractivity contribution is 1.28. The molecule has 1 nitrogen and oxygen atoms in total. The van der Waals surface area contributed by atoms with Crippen LogP contribution in [0.15, 0.2) is 285 Å². The van der Waals surface area contributed by atoms with Crippen LogP contribution in [0.2, 0.25) is 0 Å². The van der Waals surface area contributed by atoms with Crippen LogP contribution in [0.1, 0.15) is 0 Å². The van der Waals surface area contributed by atoms with E-state index in [1.165, 1.54) is 99.4 Å². The zero-order valence-corrected chi connectivity index (χ0v) is 38.1. The van der Waals surface area contributed by atoms with Crippen LogP contribution in [0.5, 0.6) is 0 Å². The van der Waals surface area contributed by atoms with E-state index in [-0.39, 0.29) is 0 Å². The molecule has 0 bridgehead atoms. The van der Waals surface area contributed by atoms with Gasteiger partial charge in [-0.15, -0.1) is 0 Å². The Bertz CT molecular complexity index is 3720. The average molecular weight is 878 g/mol. The summed E-state index contributed by atoms with van der Waals surface area (Å²) >= 11 is 0. The highest BCUT2D eigenvalue weighted by Crippen LogP contribution is 2.46. The second-order valence-corrected chi connectivity index (χ2v) is 17.6. The lowest BCUT2D eigenvalue weighted by Gasteiger charge is -2.26. The monoisotopic (exact) mass is 877 g/mol. The first-order chi connectivity index (χ1) is 34.2. The topological polar surface area (TPSA) is 3.24 Å². The van der Waals surface area contributed by atoms with E-state index in [9.17, 15) is 0 Å². The molecule has 12 rings (SSSR count). The average Bonchev–Trinajstić information content (AvgIpc) is 3.44. The van der Waals surface area contributed by atoms with Crippen molar-refractivity contribution in [2.45, 2.75) is 0 Å². The van der Waals surface area contributed by atoms with Gasteiger partial charge in [-0.3, -0.25) is 0 Å². The van der Waals surface area contributed by atoms with E-state index in [0.29, 0.717) is 0 Å². The molecule has 324 valence electrons. The van der Waals surface area contributed by atoms with E-state index >= 15 is 0 Å². The Morgan fingerprint density at radius 2 is 0.551 bits per heavy atom. The highest BCUT2D eigenvalue weighted by atomic mass is 15.1. The van der Waals surface area contributed by atoms with Crippen LogP contribution >= 0.6 is 0 Å². The molecule has 12 aromatic rings. The number of nitrogens with zero attached hydrogens (tertiary/aromatic N) is 1. The number of rotatable bonds is 10. The highest BCUT2D eigenvalue weighted by Gasteiger charge is 2.20. The summed E-state index contributed by atoms with van der Waals surface area (Å²) in [7, 11) is 0. The van der Waals surface area contributed by atoms with Crippen LogP contribution in [0.3, 0.4) is 0 Å². The van der Waals surface area contributed by atoms with Crippen molar-refractivity contribution in [3.8, 4) is 77.9 Å². The maximum atomic E-state index is 2.39. The van der Waals surface area contributed by atoms with Gasteiger partial charge in [-0.2, -0.15) is 0 Å². The van der Waals surface area contributed by atoms with Gasteiger partial charge >= 0.3 is 0 Å². The maximum Gasteiger partial charge on any atom is 0.0467 e. The molecule has 0 aliphatic heterocycles. The smallest absolute Gasteiger partial charge is 0.0467 e. The molecule has 0 fully saturated rings. The molecule has 0 aliphatic carbocycles. The fraction of sp³-hybridized carbons (Fsp3) is 0. The molecule has 0 saturated heterocycles. The zero-order valence-electron chi connectivity index (χ0n) is 38.1. The molecular formula is C68H47N. The van der Waals surface area contributed by atoms with Crippen molar-refractivity contribution in [2.24, 2.45) is 0 Å². The quantitative estimate of drug-likeness (QED) is 0.124. The predicted molar refractivity (Wildman–Crippen MR) is 294 cm³/mol. The Morgan fingerprint density at radius 3 is 1.12 bits per heavy atom. The lowest BCUT2D eigenvalue weighted by atomic mass is 9.84. The maximum absolute atomic E-state index is 2.39. The summed E-state index contributed by atoms with van der Waals surface area (Å²) in [4.78, 5) is 2.38. The summed E-state index contributed by atoms with van der Waals surface area (Å²) in [6.07, 6.45) is 0. The van der Waals surface area contributed by atoms with Crippen molar-refractivity contribution in [1.29, 1.82) is 0 Å². The summed E-state index contributed by atoms with van der Waals surface area (Å²) in [5.41, 5.74) is 20.1. The van der Waals surface area contributed by atoms with Crippen LogP contribution in [-0.2, 0) is 0 Å². The molecular weight excluding hydrogens is 831 g/mol. The largest absolute Gasteiger partial charge is 0.310 e. The first-order valence-electron chi connectivity index (χ1n) is 23.7. The molecule has 0 unspecified atom stereocenters. The fourth-order valence-electron chi connectivity index (χ4n) is 10.1. The van der Waals surface area contributed by atoms with Gasteiger partial charge in [0.05, 0.1) is 0 Å². The van der Waals surface area contributed by atoms with E-state index in [0.717, 1.165) is 17.1 Å². The minimum Gasteiger partial charge on any atom is -0.310 e. The molecule has 0 saturated carbocycles. The molecule has 1 heteroatoms. The normalized spacial score (nSPS) is 11.2. The Labute approximate surface area is 404 Å². The van der Waals surface area contributed by atoms with Crippen molar-refractivity contribution >= 4 is 38.6 Å². The summed E-state index contributed by atoms with van der Waals surface area (Å²) in [5.74, 6) is 0. The summed E-state index contributed by atoms with van der Waals surface area (Å²) < 4.78 is 0. The van der Waals surface area contributed by atoms with E-state index in [1.54, 1.807) is 0 Å². The third-order valence-corrected chi connectivity index (χ3v) is 13.5. The zero-order chi connectivity index (χ0) is 45.9. The third-order valence-electron chi connectivity index (χ3n) is 13.5. The standard InChI is InChI=1S/C68H47N/c1-6-19-48(20-7-1)55-29-18-30-60(45-55)69(59-41-35-52(36-42-59)61-43-37-56(49-21-8-2-9-22-49)46-65(61)51-23-10-3-11-24-51)58-39-33-50(34-40-58)57-38-44-64-66(47-57)62-31-16-17-32-63(62)67(53-25-12-4-13-26-53)68(64)54-27-14-5-15-28-54/h1-47H. The number of hydrogen-bond donors (Lipinski definition) is 0. The Kier molecular flexibility index (Phi) is 11.0. The van der Waals surface area contributed by atoms with Crippen LogP contribution in [-0.4, -0.2) is 0 Å². The van der Waals surface area contributed by atoms with Crippen LogP contribution in [0.25, 0.3) is 99.4 Å². The number of hydrogen-bond acceptors (Lipinski definition) is 1. The lowest BCUT2D eigenvalue weighted by Crippen LogP contribution is -2.10. The van der Waals surface area contributed by atoms with Crippen molar-refractivity contribution in [1.82, 2.24) is 0 Å². The summed E-state index contributed by atoms with van der Waals surface area (Å²) in [6.45, 7) is 0. The van der Waals surface area contributed by atoms with Gasteiger partial charge in [-0.25, -0.2) is 0 Å². The van der Waals surface area contributed by atoms with Gasteiger partial charge in [-0.1, -0.05) is 237 Å². The van der Waals surface area contributed by atoms with Gasteiger partial charge in [0.25, 0.3) is 0 Å². The van der Waals surface area contributed by atoms with Crippen molar-refractivity contribution in [3.63, 3.8) is 0 Å².